The maximum atomic E-state index is 13.1. The number of imide groups is 1. The Bertz CT molecular complexity index is 1370. The summed E-state index contributed by atoms with van der Waals surface area (Å²) >= 11 is 0. The quantitative estimate of drug-likeness (QED) is 0.287. The van der Waals surface area contributed by atoms with Crippen molar-refractivity contribution >= 4 is 40.7 Å². The number of furan rings is 1. The van der Waals surface area contributed by atoms with E-state index in [9.17, 15) is 19.2 Å². The number of ether oxygens (including phenoxy) is 3. The summed E-state index contributed by atoms with van der Waals surface area (Å²) in [6.07, 6.45) is 1.22. The molecule has 0 saturated carbocycles. The number of nitrogens with zero attached hydrogens (tertiary/aromatic N) is 1. The number of fused-ring (bicyclic) bond motifs is 1. The molecule has 1 N–H and O–H groups in total. The number of carbonyl (C=O) groups is 4. The molecule has 0 unspecified atom stereocenters. The SMILES string of the molecule is COC(=O)c1ccc(CN2C(=O)NC(=Cc3c(OCC(=O)OC(C)C)ccc4ccccc34)C2=O)o1. The van der Waals surface area contributed by atoms with Gasteiger partial charge in [0.15, 0.2) is 6.61 Å². The van der Waals surface area contributed by atoms with Crippen LogP contribution in [0.2, 0.25) is 0 Å². The van der Waals surface area contributed by atoms with Crippen LogP contribution < -0.4 is 10.1 Å². The minimum absolute atomic E-state index is 0.0192. The molecule has 3 amide bonds. The van der Waals surface area contributed by atoms with E-state index in [1.54, 1.807) is 19.9 Å². The molecule has 1 aromatic heterocycles. The molecule has 3 aromatic rings. The highest BCUT2D eigenvalue weighted by molar-refractivity contribution is 6.14. The summed E-state index contributed by atoms with van der Waals surface area (Å²) in [4.78, 5) is 50.2. The number of hydrogen-bond donors (Lipinski definition) is 1. The van der Waals surface area contributed by atoms with Crippen LogP contribution in [0.4, 0.5) is 4.79 Å². The maximum absolute atomic E-state index is 13.1. The van der Waals surface area contributed by atoms with Crippen LogP contribution in [0.15, 0.2) is 58.6 Å². The van der Waals surface area contributed by atoms with Crippen LogP contribution >= 0.6 is 0 Å². The molecule has 10 nitrogen and oxygen atoms in total. The van der Waals surface area contributed by atoms with Gasteiger partial charge in [0.1, 0.15) is 17.2 Å². The van der Waals surface area contributed by atoms with Crippen molar-refractivity contribution in [2.75, 3.05) is 13.7 Å². The van der Waals surface area contributed by atoms with E-state index in [1.807, 2.05) is 30.3 Å². The van der Waals surface area contributed by atoms with Crippen molar-refractivity contribution in [2.24, 2.45) is 0 Å². The first-order valence-electron chi connectivity index (χ1n) is 11.1. The summed E-state index contributed by atoms with van der Waals surface area (Å²) in [5.74, 6) is -1.25. The predicted molar refractivity (Wildman–Crippen MR) is 128 cm³/mol. The molecular weight excluding hydrogens is 468 g/mol. The van der Waals surface area contributed by atoms with Gasteiger partial charge in [-0.15, -0.1) is 0 Å². The van der Waals surface area contributed by atoms with Crippen LogP contribution in [0.25, 0.3) is 16.8 Å². The molecule has 1 aliphatic heterocycles. The average Bonchev–Trinajstić information content (AvgIpc) is 3.43. The summed E-state index contributed by atoms with van der Waals surface area (Å²) in [5.41, 5.74) is 0.535. The van der Waals surface area contributed by atoms with Crippen LogP contribution in [-0.4, -0.2) is 48.6 Å². The monoisotopic (exact) mass is 492 g/mol. The van der Waals surface area contributed by atoms with Crippen molar-refractivity contribution in [2.45, 2.75) is 26.5 Å². The Morgan fingerprint density at radius 3 is 2.61 bits per heavy atom. The van der Waals surface area contributed by atoms with Crippen molar-refractivity contribution in [1.29, 1.82) is 0 Å². The summed E-state index contributed by atoms with van der Waals surface area (Å²) < 4.78 is 20.8. The maximum Gasteiger partial charge on any atom is 0.373 e. The van der Waals surface area contributed by atoms with Crippen molar-refractivity contribution in [3.05, 3.63) is 71.3 Å². The third-order valence-corrected chi connectivity index (χ3v) is 5.26. The number of rotatable bonds is 8. The van der Waals surface area contributed by atoms with E-state index in [2.05, 4.69) is 10.1 Å². The third-order valence-electron chi connectivity index (χ3n) is 5.26. The standard InChI is InChI=1S/C26H24N2O8/c1-15(2)35-23(29)14-34-21-10-8-16-6-4-5-7-18(16)19(21)12-20-24(30)28(26(32)27-20)13-17-9-11-22(36-17)25(31)33-3/h4-12,15H,13-14H2,1-3H3,(H,27,32). The predicted octanol–water partition coefficient (Wildman–Crippen LogP) is 3.64. The minimum Gasteiger partial charge on any atom is -0.481 e. The summed E-state index contributed by atoms with van der Waals surface area (Å²) in [6, 6.07) is 13.2. The second-order valence-electron chi connectivity index (χ2n) is 8.16. The van der Waals surface area contributed by atoms with Gasteiger partial charge in [0.2, 0.25) is 5.76 Å². The molecule has 4 rings (SSSR count). The minimum atomic E-state index is -0.667. The summed E-state index contributed by atoms with van der Waals surface area (Å²) in [7, 11) is 1.22. The Morgan fingerprint density at radius 1 is 1.08 bits per heavy atom. The molecule has 0 radical (unpaired) electrons. The van der Waals surface area contributed by atoms with Crippen molar-refractivity contribution in [1.82, 2.24) is 10.2 Å². The van der Waals surface area contributed by atoms with Crippen LogP contribution in [-0.2, 0) is 25.6 Å². The fourth-order valence-corrected chi connectivity index (χ4v) is 3.67. The molecule has 36 heavy (non-hydrogen) atoms. The molecule has 0 aliphatic carbocycles. The lowest BCUT2D eigenvalue weighted by molar-refractivity contribution is -0.149. The topological polar surface area (TPSA) is 124 Å². The number of nitrogens with one attached hydrogen (secondary N) is 1. The molecule has 186 valence electrons. The van der Waals surface area contributed by atoms with E-state index >= 15 is 0 Å². The average molecular weight is 492 g/mol. The molecule has 10 heteroatoms. The van der Waals surface area contributed by atoms with Gasteiger partial charge in [0.25, 0.3) is 5.91 Å². The fourth-order valence-electron chi connectivity index (χ4n) is 3.67. The smallest absolute Gasteiger partial charge is 0.373 e. The number of hydrogen-bond acceptors (Lipinski definition) is 8. The lowest BCUT2D eigenvalue weighted by Crippen LogP contribution is -2.30. The zero-order chi connectivity index (χ0) is 25.8. The molecule has 1 saturated heterocycles. The van der Waals surface area contributed by atoms with Crippen LogP contribution in [0.1, 0.15) is 35.7 Å². The van der Waals surface area contributed by atoms with Gasteiger partial charge < -0.3 is 23.9 Å². The third kappa shape index (κ3) is 5.22. The van der Waals surface area contributed by atoms with E-state index < -0.39 is 23.9 Å². The number of esters is 2. The Hall–Kier alpha value is -4.60. The van der Waals surface area contributed by atoms with Gasteiger partial charge in [-0.05, 0) is 48.9 Å². The molecule has 0 atom stereocenters. The first-order chi connectivity index (χ1) is 17.3. The van der Waals surface area contributed by atoms with Crippen molar-refractivity contribution in [3.8, 4) is 5.75 Å². The van der Waals surface area contributed by atoms with Gasteiger partial charge in [-0.1, -0.05) is 30.3 Å². The molecule has 1 fully saturated rings. The molecule has 2 heterocycles. The number of urea groups is 1. The number of benzene rings is 2. The number of methoxy groups -OCH3 is 1. The first-order valence-corrected chi connectivity index (χ1v) is 11.1. The van der Waals surface area contributed by atoms with Crippen molar-refractivity contribution < 1.29 is 37.8 Å². The second kappa shape index (κ2) is 10.3. The molecule has 0 spiro atoms. The van der Waals surface area contributed by atoms with Gasteiger partial charge in [0, 0.05) is 5.56 Å². The lowest BCUT2D eigenvalue weighted by atomic mass is 10.0. The Balaban J connectivity index is 1.62. The highest BCUT2D eigenvalue weighted by atomic mass is 16.6. The summed E-state index contributed by atoms with van der Waals surface area (Å²) in [5, 5.41) is 4.20. The normalized spacial score (nSPS) is 14.4. The van der Waals surface area contributed by atoms with E-state index in [1.165, 1.54) is 25.3 Å². The molecule has 1 aliphatic rings. The Morgan fingerprint density at radius 2 is 1.86 bits per heavy atom. The fraction of sp³-hybridized carbons (Fsp3) is 0.231. The Labute approximate surface area is 206 Å². The van der Waals surface area contributed by atoms with E-state index in [0.29, 0.717) is 11.3 Å². The highest BCUT2D eigenvalue weighted by Gasteiger charge is 2.34. The zero-order valence-corrected chi connectivity index (χ0v) is 19.9. The van der Waals surface area contributed by atoms with E-state index in [-0.39, 0.29) is 36.5 Å². The second-order valence-corrected chi connectivity index (χ2v) is 8.16. The lowest BCUT2D eigenvalue weighted by Gasteiger charge is -2.13. The van der Waals surface area contributed by atoms with Crippen molar-refractivity contribution in [3.63, 3.8) is 0 Å². The molecule has 2 aromatic carbocycles. The van der Waals surface area contributed by atoms with Gasteiger partial charge in [-0.2, -0.15) is 0 Å². The summed E-state index contributed by atoms with van der Waals surface area (Å²) in [6.45, 7) is 2.98. The van der Waals surface area contributed by atoms with Crippen LogP contribution in [0.5, 0.6) is 5.75 Å². The van der Waals surface area contributed by atoms with Gasteiger partial charge in [0.05, 0.1) is 19.8 Å². The molecular formula is C26H24N2O8. The number of carbonyl (C=O) groups excluding carboxylic acids is 4. The van der Waals surface area contributed by atoms with Gasteiger partial charge in [-0.3, -0.25) is 9.69 Å². The van der Waals surface area contributed by atoms with E-state index in [0.717, 1.165) is 15.7 Å². The highest BCUT2D eigenvalue weighted by Crippen LogP contribution is 2.31. The largest absolute Gasteiger partial charge is 0.481 e. The van der Waals surface area contributed by atoms with Gasteiger partial charge in [-0.25, -0.2) is 14.4 Å². The number of amides is 3. The molecule has 0 bridgehead atoms. The first kappa shape index (κ1) is 24.5. The van der Waals surface area contributed by atoms with E-state index in [4.69, 9.17) is 13.9 Å². The van der Waals surface area contributed by atoms with Gasteiger partial charge >= 0.3 is 18.0 Å². The Kier molecular flexibility index (Phi) is 7.05. The zero-order valence-electron chi connectivity index (χ0n) is 19.9. The van der Waals surface area contributed by atoms with Crippen LogP contribution in [0.3, 0.4) is 0 Å². The van der Waals surface area contributed by atoms with Crippen LogP contribution in [0, 0.1) is 0 Å².